The first-order valence-electron chi connectivity index (χ1n) is 7.03. The molecule has 4 rings (SSSR count). The van der Waals surface area contributed by atoms with Gasteiger partial charge in [0.15, 0.2) is 0 Å². The van der Waals surface area contributed by atoms with Gasteiger partial charge in [-0.2, -0.15) is 0 Å². The summed E-state index contributed by atoms with van der Waals surface area (Å²) < 4.78 is 1.65. The number of hydrogen-bond donors (Lipinski definition) is 2. The molecule has 2 heterocycles. The number of aromatic nitrogens is 2. The van der Waals surface area contributed by atoms with Gasteiger partial charge < -0.3 is 14.7 Å². The molecule has 5 nitrogen and oxygen atoms in total. The molecule has 23 heavy (non-hydrogen) atoms. The van der Waals surface area contributed by atoms with Crippen molar-refractivity contribution in [2.24, 2.45) is 12.2 Å². The van der Waals surface area contributed by atoms with Gasteiger partial charge in [-0.15, -0.1) is 4.91 Å². The van der Waals surface area contributed by atoms with Crippen LogP contribution in [-0.2, 0) is 7.05 Å². The van der Waals surface area contributed by atoms with Crippen LogP contribution in [0.3, 0.4) is 0 Å². The normalized spacial score (nSPS) is 11.4. The zero-order valence-corrected chi connectivity index (χ0v) is 12.9. The first kappa shape index (κ1) is 13.8. The fourth-order valence-electron chi connectivity index (χ4n) is 3.05. The highest BCUT2D eigenvalue weighted by Crippen LogP contribution is 2.45. The second-order valence-corrected chi connectivity index (χ2v) is 5.84. The lowest BCUT2D eigenvalue weighted by Crippen LogP contribution is -1.85. The molecule has 0 radical (unpaired) electrons. The van der Waals surface area contributed by atoms with Crippen molar-refractivity contribution < 1.29 is 5.11 Å². The molecule has 0 saturated carbocycles. The van der Waals surface area contributed by atoms with Gasteiger partial charge in [0.1, 0.15) is 5.69 Å². The molecule has 6 heteroatoms. The van der Waals surface area contributed by atoms with E-state index in [2.05, 4.69) is 10.2 Å². The second kappa shape index (κ2) is 4.86. The number of rotatable bonds is 2. The lowest BCUT2D eigenvalue weighted by molar-refractivity contribution is 0.437. The highest BCUT2D eigenvalue weighted by Gasteiger charge is 2.22. The number of aryl methyl sites for hydroxylation is 1. The van der Waals surface area contributed by atoms with Crippen molar-refractivity contribution in [3.8, 4) is 17.1 Å². The molecule has 0 atom stereocenters. The molecule has 0 unspecified atom stereocenters. The van der Waals surface area contributed by atoms with Gasteiger partial charge in [-0.25, -0.2) is 0 Å². The number of fused-ring (bicyclic) bond motifs is 2. The van der Waals surface area contributed by atoms with E-state index in [1.54, 1.807) is 23.7 Å². The number of H-pyrrole nitrogens is 1. The van der Waals surface area contributed by atoms with E-state index in [0.29, 0.717) is 16.3 Å². The fraction of sp³-hybridized carbons (Fsp3) is 0.0588. The highest BCUT2D eigenvalue weighted by atomic mass is 35.5. The third-order valence-electron chi connectivity index (χ3n) is 4.15. The average molecular weight is 326 g/mol. The zero-order chi connectivity index (χ0) is 16.1. The molecule has 0 fully saturated rings. The Hall–Kier alpha value is -2.79. The van der Waals surface area contributed by atoms with E-state index in [1.165, 1.54) is 0 Å². The number of para-hydroxylation sites is 1. The van der Waals surface area contributed by atoms with Gasteiger partial charge >= 0.3 is 0 Å². The number of hydrogen-bond acceptors (Lipinski definition) is 3. The predicted octanol–water partition coefficient (Wildman–Crippen LogP) is 5.08. The van der Waals surface area contributed by atoms with Crippen LogP contribution >= 0.6 is 11.6 Å². The van der Waals surface area contributed by atoms with Crippen molar-refractivity contribution in [1.29, 1.82) is 0 Å². The van der Waals surface area contributed by atoms with Gasteiger partial charge in [0.25, 0.3) is 0 Å². The van der Waals surface area contributed by atoms with E-state index in [1.807, 2.05) is 30.3 Å². The summed E-state index contributed by atoms with van der Waals surface area (Å²) in [6.07, 6.45) is 0. The van der Waals surface area contributed by atoms with Gasteiger partial charge in [-0.1, -0.05) is 29.8 Å². The summed E-state index contributed by atoms with van der Waals surface area (Å²) in [7, 11) is 1.76. The lowest BCUT2D eigenvalue weighted by Gasteiger charge is -1.99. The molecule has 2 aromatic heterocycles. The Morgan fingerprint density at radius 1 is 1.17 bits per heavy atom. The Kier molecular flexibility index (Phi) is 2.92. The molecule has 114 valence electrons. The number of aromatic hydroxyl groups is 1. The van der Waals surface area contributed by atoms with Crippen molar-refractivity contribution in [3.63, 3.8) is 0 Å². The van der Waals surface area contributed by atoms with Crippen LogP contribution in [0.1, 0.15) is 0 Å². The fourth-order valence-corrected chi connectivity index (χ4v) is 3.22. The van der Waals surface area contributed by atoms with Gasteiger partial charge in [0, 0.05) is 28.4 Å². The van der Waals surface area contributed by atoms with E-state index in [0.717, 1.165) is 21.8 Å². The molecule has 0 saturated heterocycles. The molecule has 0 spiro atoms. The monoisotopic (exact) mass is 325 g/mol. The van der Waals surface area contributed by atoms with Crippen LogP contribution in [0.25, 0.3) is 33.1 Å². The molecule has 2 aromatic carbocycles. The maximum absolute atomic E-state index is 11.4. The Morgan fingerprint density at radius 2 is 1.96 bits per heavy atom. The smallest absolute Gasteiger partial charge is 0.201 e. The first-order chi connectivity index (χ1) is 11.1. The van der Waals surface area contributed by atoms with Gasteiger partial charge in [0.05, 0.1) is 16.8 Å². The number of benzene rings is 2. The van der Waals surface area contributed by atoms with E-state index >= 15 is 0 Å². The minimum atomic E-state index is 0.0544. The number of nitrogens with one attached hydrogen (secondary N) is 1. The van der Waals surface area contributed by atoms with Crippen LogP contribution in [0.4, 0.5) is 5.69 Å². The number of halogens is 1. The summed E-state index contributed by atoms with van der Waals surface area (Å²) in [5.74, 6) is 0.0544. The molecule has 0 aliphatic heterocycles. The van der Waals surface area contributed by atoms with Crippen molar-refractivity contribution in [1.82, 2.24) is 9.55 Å². The average Bonchev–Trinajstić information content (AvgIpc) is 3.03. The van der Waals surface area contributed by atoms with Gasteiger partial charge in [0.2, 0.25) is 5.88 Å². The summed E-state index contributed by atoms with van der Waals surface area (Å²) in [6.45, 7) is 0. The molecular weight excluding hydrogens is 314 g/mol. The molecule has 4 aromatic rings. The molecule has 2 N–H and O–H groups in total. The standard InChI is InChI=1S/C17H12ClN3O2/c1-21-13-7-6-9(18)8-11(13)14(17(21)22)16-15(20-23)10-4-2-3-5-12(10)19-16/h2-8,19,22H,1H3. The van der Waals surface area contributed by atoms with E-state index < -0.39 is 0 Å². The van der Waals surface area contributed by atoms with Crippen LogP contribution in [0, 0.1) is 4.91 Å². The maximum Gasteiger partial charge on any atom is 0.201 e. The highest BCUT2D eigenvalue weighted by molar-refractivity contribution is 6.31. The SMILES string of the molecule is Cn1c(O)c(-c2[nH]c3ccccc3c2N=O)c2cc(Cl)ccc21. The molecular formula is C17H12ClN3O2. The summed E-state index contributed by atoms with van der Waals surface area (Å²) in [5.41, 5.74) is 2.90. The topological polar surface area (TPSA) is 70.4 Å². The summed E-state index contributed by atoms with van der Waals surface area (Å²) >= 11 is 6.11. The Morgan fingerprint density at radius 3 is 2.74 bits per heavy atom. The predicted molar refractivity (Wildman–Crippen MR) is 92.3 cm³/mol. The van der Waals surface area contributed by atoms with Gasteiger partial charge in [-0.05, 0) is 29.4 Å². The maximum atomic E-state index is 11.4. The van der Waals surface area contributed by atoms with Crippen molar-refractivity contribution in [3.05, 3.63) is 52.4 Å². The van der Waals surface area contributed by atoms with Crippen LogP contribution < -0.4 is 0 Å². The summed E-state index contributed by atoms with van der Waals surface area (Å²) in [6, 6.07) is 12.8. The molecule has 0 bridgehead atoms. The summed E-state index contributed by atoms with van der Waals surface area (Å²) in [4.78, 5) is 14.6. The third-order valence-corrected chi connectivity index (χ3v) is 4.39. The third kappa shape index (κ3) is 1.87. The Bertz CT molecular complexity index is 1080. The largest absolute Gasteiger partial charge is 0.494 e. The van der Waals surface area contributed by atoms with Crippen molar-refractivity contribution in [2.45, 2.75) is 0 Å². The minimum Gasteiger partial charge on any atom is -0.494 e. The molecule has 0 amide bonds. The van der Waals surface area contributed by atoms with E-state index in [-0.39, 0.29) is 11.6 Å². The Balaban J connectivity index is 2.17. The van der Waals surface area contributed by atoms with Crippen molar-refractivity contribution >= 4 is 39.1 Å². The van der Waals surface area contributed by atoms with Crippen LogP contribution in [-0.4, -0.2) is 14.7 Å². The van der Waals surface area contributed by atoms with E-state index in [4.69, 9.17) is 11.6 Å². The Labute approximate surface area is 136 Å². The van der Waals surface area contributed by atoms with E-state index in [9.17, 15) is 10.0 Å². The van der Waals surface area contributed by atoms with Crippen LogP contribution in [0.2, 0.25) is 5.02 Å². The quantitative estimate of drug-likeness (QED) is 0.504. The van der Waals surface area contributed by atoms with Crippen molar-refractivity contribution in [2.75, 3.05) is 0 Å². The number of aromatic amines is 1. The minimum absolute atomic E-state index is 0.0544. The van der Waals surface area contributed by atoms with Crippen LogP contribution in [0.15, 0.2) is 47.6 Å². The molecule has 0 aliphatic carbocycles. The molecule has 0 aliphatic rings. The lowest BCUT2D eigenvalue weighted by atomic mass is 10.1. The zero-order valence-electron chi connectivity index (χ0n) is 12.2. The number of nitroso groups, excluding NO2 is 1. The van der Waals surface area contributed by atoms with Crippen LogP contribution in [0.5, 0.6) is 5.88 Å². The second-order valence-electron chi connectivity index (χ2n) is 5.40. The van der Waals surface area contributed by atoms with Gasteiger partial charge in [-0.3, -0.25) is 0 Å². The number of nitrogens with zero attached hydrogens (tertiary/aromatic N) is 2. The summed E-state index contributed by atoms with van der Waals surface area (Å²) in [5, 5.41) is 15.8. The first-order valence-corrected chi connectivity index (χ1v) is 7.41.